The van der Waals surface area contributed by atoms with E-state index < -0.39 is 18.6 Å². The summed E-state index contributed by atoms with van der Waals surface area (Å²) in [7, 11) is 0. The molecule has 1 amide bonds. The average Bonchev–Trinajstić information content (AvgIpc) is 3.07. The molecule has 0 atom stereocenters. The number of benzene rings is 1. The third-order valence-electron chi connectivity index (χ3n) is 2.98. The Bertz CT molecular complexity index is 543. The van der Waals surface area contributed by atoms with Crippen molar-refractivity contribution >= 4 is 28.9 Å². The van der Waals surface area contributed by atoms with Crippen LogP contribution in [0.5, 0.6) is 0 Å². The maximum atomic E-state index is 12.7. The van der Waals surface area contributed by atoms with Gasteiger partial charge in [-0.2, -0.15) is 13.2 Å². The van der Waals surface area contributed by atoms with Crippen LogP contribution >= 0.6 is 11.6 Å². The van der Waals surface area contributed by atoms with Gasteiger partial charge in [-0.25, -0.2) is 0 Å². The van der Waals surface area contributed by atoms with Gasteiger partial charge in [0.15, 0.2) is 0 Å². The molecule has 0 bridgehead atoms. The Hall–Kier alpha value is -1.63. The van der Waals surface area contributed by atoms with E-state index in [1.807, 2.05) is 0 Å². The van der Waals surface area contributed by atoms with Crippen molar-refractivity contribution in [2.75, 3.05) is 17.2 Å². The Kier molecular flexibility index (Phi) is 3.73. The smallest absolute Gasteiger partial charge is 0.399 e. The number of hydrogen-bond donors (Lipinski definition) is 2. The van der Waals surface area contributed by atoms with Gasteiger partial charge < -0.3 is 16.4 Å². The fourth-order valence-corrected chi connectivity index (χ4v) is 2.41. The molecule has 20 heavy (non-hydrogen) atoms. The number of alkyl halides is 3. The van der Waals surface area contributed by atoms with E-state index in [0.29, 0.717) is 12.8 Å². The lowest BCUT2D eigenvalue weighted by atomic mass is 10.1. The van der Waals surface area contributed by atoms with Crippen LogP contribution in [-0.2, 0) is 0 Å². The maximum Gasteiger partial charge on any atom is 0.405 e. The van der Waals surface area contributed by atoms with Gasteiger partial charge in [-0.05, 0) is 25.0 Å². The van der Waals surface area contributed by atoms with E-state index in [1.54, 1.807) is 0 Å². The first-order valence-corrected chi connectivity index (χ1v) is 6.29. The third-order valence-corrected chi connectivity index (χ3v) is 3.26. The summed E-state index contributed by atoms with van der Waals surface area (Å²) >= 11 is 5.98. The highest BCUT2D eigenvalue weighted by Crippen LogP contribution is 2.40. The normalized spacial score (nSPS) is 15.2. The molecule has 0 saturated heterocycles. The van der Waals surface area contributed by atoms with Gasteiger partial charge in [0.1, 0.15) is 6.54 Å². The van der Waals surface area contributed by atoms with Gasteiger partial charge in [-0.15, -0.1) is 0 Å². The largest absolute Gasteiger partial charge is 0.405 e. The molecular formula is C12H13ClF3N3O. The summed E-state index contributed by atoms with van der Waals surface area (Å²) in [6, 6.07) is 2.28. The van der Waals surface area contributed by atoms with Crippen LogP contribution in [0.4, 0.5) is 24.5 Å². The van der Waals surface area contributed by atoms with Crippen molar-refractivity contribution in [1.29, 1.82) is 0 Å². The molecule has 4 nitrogen and oxygen atoms in total. The zero-order valence-electron chi connectivity index (χ0n) is 10.4. The molecule has 8 heteroatoms. The zero-order chi connectivity index (χ0) is 15.1. The highest BCUT2D eigenvalue weighted by atomic mass is 35.5. The Morgan fingerprint density at radius 3 is 2.45 bits per heavy atom. The minimum atomic E-state index is -4.40. The fourth-order valence-electron chi connectivity index (χ4n) is 2.07. The number of halogens is 4. The SMILES string of the molecule is NC(=O)c1cc(N)cc(Cl)c1N(CC(F)(F)F)C1CC1. The van der Waals surface area contributed by atoms with Crippen molar-refractivity contribution < 1.29 is 18.0 Å². The van der Waals surface area contributed by atoms with Crippen LogP contribution in [0.15, 0.2) is 12.1 Å². The van der Waals surface area contributed by atoms with Crippen LogP contribution in [0.25, 0.3) is 0 Å². The molecule has 1 aromatic rings. The van der Waals surface area contributed by atoms with Crippen LogP contribution in [0.2, 0.25) is 5.02 Å². The Morgan fingerprint density at radius 1 is 1.40 bits per heavy atom. The van der Waals surface area contributed by atoms with Crippen molar-refractivity contribution in [1.82, 2.24) is 0 Å². The fraction of sp³-hybridized carbons (Fsp3) is 0.417. The molecule has 1 aromatic carbocycles. The molecule has 110 valence electrons. The minimum absolute atomic E-state index is 0.00468. The average molecular weight is 308 g/mol. The Balaban J connectivity index is 2.50. The van der Waals surface area contributed by atoms with Crippen molar-refractivity contribution in [2.45, 2.75) is 25.1 Å². The van der Waals surface area contributed by atoms with E-state index in [0.717, 1.165) is 4.90 Å². The van der Waals surface area contributed by atoms with Gasteiger partial charge in [0.2, 0.25) is 0 Å². The topological polar surface area (TPSA) is 72.3 Å². The van der Waals surface area contributed by atoms with E-state index in [9.17, 15) is 18.0 Å². The number of carbonyl (C=O) groups excluding carboxylic acids is 1. The van der Waals surface area contributed by atoms with Gasteiger partial charge in [-0.3, -0.25) is 4.79 Å². The van der Waals surface area contributed by atoms with Crippen molar-refractivity contribution in [3.8, 4) is 0 Å². The molecular weight excluding hydrogens is 295 g/mol. The predicted octanol–water partition coefficient (Wildman–Crippen LogP) is 2.55. The van der Waals surface area contributed by atoms with Crippen LogP contribution in [0.1, 0.15) is 23.2 Å². The molecule has 1 aliphatic carbocycles. The van der Waals surface area contributed by atoms with Crippen LogP contribution in [-0.4, -0.2) is 24.7 Å². The number of primary amides is 1. The number of nitrogens with zero attached hydrogens (tertiary/aromatic N) is 1. The number of hydrogen-bond acceptors (Lipinski definition) is 3. The standard InChI is InChI=1S/C12H13ClF3N3O/c13-9-4-6(17)3-8(11(18)20)10(9)19(7-1-2-7)5-12(14,15)16/h3-4,7H,1-2,5,17H2,(H2,18,20). The zero-order valence-corrected chi connectivity index (χ0v) is 11.1. The second-order valence-corrected chi connectivity index (χ2v) is 5.14. The minimum Gasteiger partial charge on any atom is -0.399 e. The summed E-state index contributed by atoms with van der Waals surface area (Å²) in [5.41, 5.74) is 10.9. The predicted molar refractivity (Wildman–Crippen MR) is 70.8 cm³/mol. The third kappa shape index (κ3) is 3.27. The summed E-state index contributed by atoms with van der Waals surface area (Å²) in [6.07, 6.45) is -3.16. The van der Waals surface area contributed by atoms with Gasteiger partial charge in [0.05, 0.1) is 16.3 Å². The molecule has 0 unspecified atom stereocenters. The molecule has 1 saturated carbocycles. The summed E-state index contributed by atoms with van der Waals surface area (Å²) < 4.78 is 38.1. The summed E-state index contributed by atoms with van der Waals surface area (Å²) in [5, 5.41) is -0.00468. The second-order valence-electron chi connectivity index (χ2n) is 4.74. The molecule has 0 heterocycles. The maximum absolute atomic E-state index is 12.7. The number of nitrogen functional groups attached to an aromatic ring is 1. The van der Waals surface area contributed by atoms with Gasteiger partial charge in [0.25, 0.3) is 5.91 Å². The van der Waals surface area contributed by atoms with Gasteiger partial charge in [-0.1, -0.05) is 11.6 Å². The number of amides is 1. The van der Waals surface area contributed by atoms with E-state index in [2.05, 4.69) is 0 Å². The molecule has 2 rings (SSSR count). The summed E-state index contributed by atoms with van der Waals surface area (Å²) in [6.45, 7) is -1.18. The first-order valence-electron chi connectivity index (χ1n) is 5.91. The molecule has 4 N–H and O–H groups in total. The molecule has 0 aliphatic heterocycles. The first kappa shape index (κ1) is 14.8. The molecule has 0 aromatic heterocycles. The van der Waals surface area contributed by atoms with Crippen LogP contribution in [0, 0.1) is 0 Å². The molecule has 0 radical (unpaired) electrons. The Labute approximate surface area is 118 Å². The number of nitrogens with two attached hydrogens (primary N) is 2. The van der Waals surface area contributed by atoms with Crippen molar-refractivity contribution in [3.05, 3.63) is 22.7 Å². The first-order chi connectivity index (χ1) is 9.19. The lowest BCUT2D eigenvalue weighted by Crippen LogP contribution is -2.37. The monoisotopic (exact) mass is 307 g/mol. The molecule has 1 aliphatic rings. The van der Waals surface area contributed by atoms with Crippen LogP contribution < -0.4 is 16.4 Å². The van der Waals surface area contributed by atoms with E-state index >= 15 is 0 Å². The van der Waals surface area contributed by atoms with E-state index in [1.165, 1.54) is 12.1 Å². The number of carbonyl (C=O) groups is 1. The highest BCUT2D eigenvalue weighted by molar-refractivity contribution is 6.34. The van der Waals surface area contributed by atoms with E-state index in [-0.39, 0.29) is 28.0 Å². The number of anilines is 2. The lowest BCUT2D eigenvalue weighted by Gasteiger charge is -2.28. The second kappa shape index (κ2) is 5.05. The quantitative estimate of drug-likeness (QED) is 0.840. The molecule has 1 fully saturated rings. The van der Waals surface area contributed by atoms with Gasteiger partial charge >= 0.3 is 6.18 Å². The number of rotatable bonds is 4. The summed E-state index contributed by atoms with van der Waals surface area (Å²) in [5.74, 6) is -0.859. The Morgan fingerprint density at radius 2 is 2.00 bits per heavy atom. The van der Waals surface area contributed by atoms with Crippen molar-refractivity contribution in [2.24, 2.45) is 5.73 Å². The summed E-state index contributed by atoms with van der Waals surface area (Å²) in [4.78, 5) is 12.5. The molecule has 0 spiro atoms. The van der Waals surface area contributed by atoms with Gasteiger partial charge in [0, 0.05) is 11.7 Å². The van der Waals surface area contributed by atoms with Crippen molar-refractivity contribution in [3.63, 3.8) is 0 Å². The van der Waals surface area contributed by atoms with Crippen LogP contribution in [0.3, 0.4) is 0 Å². The lowest BCUT2D eigenvalue weighted by molar-refractivity contribution is -0.120. The highest BCUT2D eigenvalue weighted by Gasteiger charge is 2.40. The van der Waals surface area contributed by atoms with E-state index in [4.69, 9.17) is 23.1 Å².